The number of nitrogens with one attached hydrogen (secondary N) is 2. The van der Waals surface area contributed by atoms with Crippen molar-refractivity contribution in [1.82, 2.24) is 5.32 Å². The van der Waals surface area contributed by atoms with E-state index in [2.05, 4.69) is 39.0 Å². The summed E-state index contributed by atoms with van der Waals surface area (Å²) in [6, 6.07) is 15.3. The second-order valence-electron chi connectivity index (χ2n) is 7.50. The normalized spacial score (nSPS) is 16.3. The maximum atomic E-state index is 11.3. The fourth-order valence-electron chi connectivity index (χ4n) is 3.92. The van der Waals surface area contributed by atoms with Crippen molar-refractivity contribution in [2.45, 2.75) is 32.2 Å². The summed E-state index contributed by atoms with van der Waals surface area (Å²) in [6.07, 6.45) is 2.88. The average Bonchev–Trinajstić information content (AvgIpc) is 2.78. The predicted octanol–water partition coefficient (Wildman–Crippen LogP) is 3.93. The third-order valence-corrected chi connectivity index (χ3v) is 6.21. The molecule has 2 N–H and O–H groups in total. The minimum absolute atomic E-state index is 0.117. The predicted molar refractivity (Wildman–Crippen MR) is 128 cm³/mol. The summed E-state index contributed by atoms with van der Waals surface area (Å²) in [5.41, 5.74) is 1.91. The SMILES string of the molecule is CCC(NC(=N[SH](=O)=O)Nc1ccc(Cl)cc1)C1CCN(c2ccc(OC)cc2)CC1. The molecule has 7 nitrogen and oxygen atoms in total. The summed E-state index contributed by atoms with van der Waals surface area (Å²) >= 11 is 5.93. The van der Waals surface area contributed by atoms with Crippen LogP contribution in [0.15, 0.2) is 52.9 Å². The lowest BCUT2D eigenvalue weighted by molar-refractivity contribution is 0.314. The first-order valence-electron chi connectivity index (χ1n) is 10.4. The quantitative estimate of drug-likeness (QED) is 0.327. The number of hydrogen-bond acceptors (Lipinski definition) is 4. The molecule has 1 fully saturated rings. The van der Waals surface area contributed by atoms with Gasteiger partial charge in [0.15, 0.2) is 0 Å². The van der Waals surface area contributed by atoms with Crippen LogP contribution in [0.1, 0.15) is 26.2 Å². The molecular weight excluding hydrogens is 436 g/mol. The van der Waals surface area contributed by atoms with Crippen LogP contribution in [0, 0.1) is 5.92 Å². The van der Waals surface area contributed by atoms with Gasteiger partial charge < -0.3 is 20.3 Å². The lowest BCUT2D eigenvalue weighted by Gasteiger charge is -2.37. The van der Waals surface area contributed by atoms with E-state index in [1.807, 2.05) is 12.1 Å². The topological polar surface area (TPSA) is 83.0 Å². The molecule has 2 aromatic carbocycles. The van der Waals surface area contributed by atoms with Crippen LogP contribution in [0.2, 0.25) is 5.02 Å². The first-order valence-corrected chi connectivity index (χ1v) is 11.9. The van der Waals surface area contributed by atoms with E-state index in [1.54, 1.807) is 31.4 Å². The smallest absolute Gasteiger partial charge is 0.246 e. The third kappa shape index (κ3) is 6.77. The zero-order valence-electron chi connectivity index (χ0n) is 17.8. The number of ether oxygens (including phenoxy) is 1. The summed E-state index contributed by atoms with van der Waals surface area (Å²) in [5, 5.41) is 7.00. The number of guanidine groups is 1. The Bertz CT molecular complexity index is 932. The monoisotopic (exact) mass is 464 g/mol. The molecule has 1 aliphatic rings. The van der Waals surface area contributed by atoms with Crippen LogP contribution in [-0.2, 0) is 10.9 Å². The molecule has 1 aliphatic heterocycles. The second-order valence-corrected chi connectivity index (χ2v) is 8.61. The molecule has 1 atom stereocenters. The minimum Gasteiger partial charge on any atom is -0.497 e. The van der Waals surface area contributed by atoms with Crippen LogP contribution >= 0.6 is 11.6 Å². The van der Waals surface area contributed by atoms with Crippen molar-refractivity contribution in [2.24, 2.45) is 10.3 Å². The highest BCUT2D eigenvalue weighted by Crippen LogP contribution is 2.27. The van der Waals surface area contributed by atoms with Gasteiger partial charge >= 0.3 is 0 Å². The molecule has 1 saturated heterocycles. The Morgan fingerprint density at radius 1 is 1.16 bits per heavy atom. The largest absolute Gasteiger partial charge is 0.497 e. The van der Waals surface area contributed by atoms with Gasteiger partial charge in [-0.2, -0.15) is 0 Å². The Kier molecular flexibility index (Phi) is 8.43. The molecule has 31 heavy (non-hydrogen) atoms. The van der Waals surface area contributed by atoms with Crippen molar-refractivity contribution in [3.8, 4) is 5.75 Å². The van der Waals surface area contributed by atoms with E-state index in [1.165, 1.54) is 5.69 Å². The average molecular weight is 465 g/mol. The lowest BCUT2D eigenvalue weighted by Crippen LogP contribution is -2.47. The summed E-state index contributed by atoms with van der Waals surface area (Å²) in [7, 11) is -1.25. The van der Waals surface area contributed by atoms with Crippen LogP contribution < -0.4 is 20.3 Å². The molecule has 0 aliphatic carbocycles. The van der Waals surface area contributed by atoms with Gasteiger partial charge in [-0.05, 0) is 73.7 Å². The van der Waals surface area contributed by atoms with E-state index in [0.717, 1.165) is 43.8 Å². The Morgan fingerprint density at radius 3 is 2.35 bits per heavy atom. The van der Waals surface area contributed by atoms with Gasteiger partial charge in [-0.15, -0.1) is 4.40 Å². The molecule has 0 bridgehead atoms. The van der Waals surface area contributed by atoms with Crippen molar-refractivity contribution in [3.63, 3.8) is 0 Å². The summed E-state index contributed by atoms with van der Waals surface area (Å²) in [5.74, 6) is 1.51. The molecule has 1 unspecified atom stereocenters. The van der Waals surface area contributed by atoms with Gasteiger partial charge in [-0.1, -0.05) is 18.5 Å². The number of piperidine rings is 1. The number of methoxy groups -OCH3 is 1. The molecule has 0 spiro atoms. The molecule has 168 valence electrons. The fourth-order valence-corrected chi connectivity index (χ4v) is 4.32. The Balaban J connectivity index is 1.62. The number of thiol groups is 1. The molecule has 1 heterocycles. The van der Waals surface area contributed by atoms with Crippen LogP contribution in [0.5, 0.6) is 5.75 Å². The van der Waals surface area contributed by atoms with Crippen LogP contribution in [-0.4, -0.2) is 40.6 Å². The lowest BCUT2D eigenvalue weighted by atomic mass is 9.87. The van der Waals surface area contributed by atoms with E-state index in [9.17, 15) is 8.42 Å². The maximum absolute atomic E-state index is 11.3. The molecule has 3 rings (SSSR count). The number of anilines is 2. The number of nitrogens with zero attached hydrogens (tertiary/aromatic N) is 2. The van der Waals surface area contributed by atoms with Crippen LogP contribution in [0.25, 0.3) is 0 Å². The minimum atomic E-state index is -2.92. The number of halogens is 1. The van der Waals surface area contributed by atoms with E-state index in [0.29, 0.717) is 10.9 Å². The van der Waals surface area contributed by atoms with Gasteiger partial charge in [-0.25, -0.2) is 8.42 Å². The molecule has 0 saturated carbocycles. The highest BCUT2D eigenvalue weighted by atomic mass is 35.5. The fraction of sp³-hybridized carbons (Fsp3) is 0.409. The standard InChI is InChI=1S/C22H29ClN4O3S/c1-3-21(25-22(26-31(28)29)24-18-6-4-17(23)5-7-18)16-12-14-27(15-13-16)19-8-10-20(30-2)11-9-19/h4-11,16,21,31H,3,12-15H2,1-2H3,(H2,24,25,26,28,29). The van der Waals surface area contributed by atoms with E-state index < -0.39 is 10.9 Å². The zero-order valence-corrected chi connectivity index (χ0v) is 19.4. The number of benzene rings is 2. The first-order chi connectivity index (χ1) is 15.0. The number of rotatable bonds is 7. The van der Waals surface area contributed by atoms with Crippen molar-refractivity contribution in [2.75, 3.05) is 30.4 Å². The van der Waals surface area contributed by atoms with Gasteiger partial charge in [0, 0.05) is 35.5 Å². The van der Waals surface area contributed by atoms with Crippen LogP contribution in [0.3, 0.4) is 0 Å². The van der Waals surface area contributed by atoms with E-state index in [-0.39, 0.29) is 12.0 Å². The van der Waals surface area contributed by atoms with Crippen molar-refractivity contribution < 1.29 is 13.2 Å². The Morgan fingerprint density at radius 2 is 1.81 bits per heavy atom. The van der Waals surface area contributed by atoms with Gasteiger partial charge in [-0.3, -0.25) is 0 Å². The molecule has 0 aromatic heterocycles. The van der Waals surface area contributed by atoms with Gasteiger partial charge in [0.1, 0.15) is 5.75 Å². The zero-order chi connectivity index (χ0) is 22.2. The first kappa shape index (κ1) is 23.2. The Hall–Kier alpha value is -2.45. The van der Waals surface area contributed by atoms with Crippen molar-refractivity contribution >= 4 is 39.8 Å². The van der Waals surface area contributed by atoms with E-state index >= 15 is 0 Å². The highest BCUT2D eigenvalue weighted by molar-refractivity contribution is 7.71. The molecule has 0 amide bonds. The van der Waals surface area contributed by atoms with Gasteiger partial charge in [0.05, 0.1) is 7.11 Å². The molecule has 2 aromatic rings. The molecular formula is C22H29ClN4O3S. The third-order valence-electron chi connectivity index (χ3n) is 5.60. The van der Waals surface area contributed by atoms with E-state index in [4.69, 9.17) is 16.3 Å². The summed E-state index contributed by atoms with van der Waals surface area (Å²) in [4.78, 5) is 2.37. The number of hydrogen-bond donors (Lipinski definition) is 3. The molecule has 0 radical (unpaired) electrons. The second kappa shape index (κ2) is 11.2. The van der Waals surface area contributed by atoms with Crippen LogP contribution in [0.4, 0.5) is 11.4 Å². The summed E-state index contributed by atoms with van der Waals surface area (Å²) in [6.45, 7) is 3.99. The highest BCUT2D eigenvalue weighted by Gasteiger charge is 2.26. The summed E-state index contributed by atoms with van der Waals surface area (Å²) < 4.78 is 31.5. The van der Waals surface area contributed by atoms with Gasteiger partial charge in [0.2, 0.25) is 16.8 Å². The van der Waals surface area contributed by atoms with Crippen molar-refractivity contribution in [3.05, 3.63) is 53.6 Å². The Labute approximate surface area is 190 Å². The molecule has 9 heteroatoms. The van der Waals surface area contributed by atoms with Crippen molar-refractivity contribution in [1.29, 1.82) is 0 Å². The maximum Gasteiger partial charge on any atom is 0.246 e. The van der Waals surface area contributed by atoms with Gasteiger partial charge in [0.25, 0.3) is 0 Å².